The van der Waals surface area contributed by atoms with Crippen LogP contribution in [0.25, 0.3) is 5.69 Å². The van der Waals surface area contributed by atoms with Gasteiger partial charge in [0, 0.05) is 0 Å². The summed E-state index contributed by atoms with van der Waals surface area (Å²) in [5.74, 6) is -1.12. The number of hydrogen-bond acceptors (Lipinski definition) is 8. The Bertz CT molecular complexity index is 1420. The molecule has 0 fully saturated rings. The van der Waals surface area contributed by atoms with E-state index < -0.39 is 47.0 Å². The number of benzene rings is 2. The zero-order valence-corrected chi connectivity index (χ0v) is 16.7. The molecule has 30 heavy (non-hydrogen) atoms. The summed E-state index contributed by atoms with van der Waals surface area (Å²) in [6, 6.07) is 9.44. The first-order valence-corrected chi connectivity index (χ1v) is 10.9. The summed E-state index contributed by atoms with van der Waals surface area (Å²) >= 11 is 0. The fourth-order valence-corrected chi connectivity index (χ4v) is 3.74. The van der Waals surface area contributed by atoms with Crippen LogP contribution in [0.4, 0.5) is 11.4 Å². The van der Waals surface area contributed by atoms with Gasteiger partial charge < -0.3 is 5.11 Å². The van der Waals surface area contributed by atoms with Crippen LogP contribution in [0.2, 0.25) is 0 Å². The third-order valence-corrected chi connectivity index (χ3v) is 5.62. The number of aromatic hydroxyl groups is 1. The third-order valence-electron chi connectivity index (χ3n) is 3.92. The minimum Gasteiger partial charge on any atom is -0.504 e. The largest absolute Gasteiger partial charge is 0.504 e. The second-order valence-corrected chi connectivity index (χ2v) is 8.81. The van der Waals surface area contributed by atoms with Crippen molar-refractivity contribution in [3.63, 3.8) is 0 Å². The van der Waals surface area contributed by atoms with Crippen LogP contribution < -0.4 is 5.56 Å². The first kappa shape index (κ1) is 21.4. The standard InChI is InChI=1S/C16H14N4O8S2/c1-9-14(16(22)20(19-9)10-5-3-2-4-6-10)18-17-12-7-11(29(23,24)25)8-13(15(12)21)30(26,27)28/h2-8,19,21H,1H3,(H,23,24,25)(H,26,27,28). The Morgan fingerprint density at radius 3 is 2.17 bits per heavy atom. The highest BCUT2D eigenvalue weighted by Gasteiger charge is 2.24. The number of para-hydroxylation sites is 1. The van der Waals surface area contributed by atoms with E-state index in [-0.39, 0.29) is 11.4 Å². The zero-order chi connectivity index (χ0) is 22.3. The van der Waals surface area contributed by atoms with E-state index >= 15 is 0 Å². The predicted molar refractivity (Wildman–Crippen MR) is 103 cm³/mol. The molecule has 3 aromatic rings. The molecule has 0 saturated heterocycles. The average Bonchev–Trinajstić information content (AvgIpc) is 2.93. The van der Waals surface area contributed by atoms with Gasteiger partial charge in [-0.05, 0) is 31.2 Å². The molecule has 0 atom stereocenters. The van der Waals surface area contributed by atoms with Gasteiger partial charge in [0.25, 0.3) is 25.8 Å². The molecule has 2 aromatic carbocycles. The van der Waals surface area contributed by atoms with E-state index in [0.29, 0.717) is 17.8 Å². The fraction of sp³-hybridized carbons (Fsp3) is 0.0625. The summed E-state index contributed by atoms with van der Waals surface area (Å²) in [4.78, 5) is 10.4. The quantitative estimate of drug-likeness (QED) is 0.332. The van der Waals surface area contributed by atoms with Crippen molar-refractivity contribution in [2.75, 3.05) is 0 Å². The van der Waals surface area contributed by atoms with Gasteiger partial charge in [0.15, 0.2) is 11.4 Å². The van der Waals surface area contributed by atoms with Crippen LogP contribution in [0.15, 0.2) is 67.3 Å². The number of aryl methyl sites for hydroxylation is 1. The second-order valence-electron chi connectivity index (χ2n) is 6.00. The summed E-state index contributed by atoms with van der Waals surface area (Å²) in [6.07, 6.45) is 0. The van der Waals surface area contributed by atoms with Crippen molar-refractivity contribution in [3.05, 3.63) is 58.5 Å². The minimum atomic E-state index is -5.07. The lowest BCUT2D eigenvalue weighted by Crippen LogP contribution is -2.13. The number of azo groups is 1. The van der Waals surface area contributed by atoms with Crippen LogP contribution >= 0.6 is 0 Å². The van der Waals surface area contributed by atoms with Crippen LogP contribution in [-0.2, 0) is 20.2 Å². The Morgan fingerprint density at radius 1 is 0.967 bits per heavy atom. The topological polar surface area (TPSA) is 191 Å². The monoisotopic (exact) mass is 454 g/mol. The Labute approximate surface area is 169 Å². The van der Waals surface area contributed by atoms with Crippen LogP contribution in [0, 0.1) is 6.92 Å². The van der Waals surface area contributed by atoms with Crippen molar-refractivity contribution in [2.45, 2.75) is 16.7 Å². The highest BCUT2D eigenvalue weighted by atomic mass is 32.2. The SMILES string of the molecule is Cc1[nH]n(-c2ccccc2)c(=O)c1N=Nc1cc(S(=O)(=O)O)cc(S(=O)(=O)O)c1O. The summed E-state index contributed by atoms with van der Waals surface area (Å²) in [5.41, 5.74) is -0.777. The number of rotatable bonds is 5. The van der Waals surface area contributed by atoms with E-state index in [4.69, 9.17) is 0 Å². The van der Waals surface area contributed by atoms with Crippen molar-refractivity contribution in [3.8, 4) is 11.4 Å². The van der Waals surface area contributed by atoms with Crippen molar-refractivity contribution < 1.29 is 31.0 Å². The summed E-state index contributed by atoms with van der Waals surface area (Å²) in [7, 11) is -9.99. The van der Waals surface area contributed by atoms with Crippen LogP contribution in [0.5, 0.6) is 5.75 Å². The van der Waals surface area contributed by atoms with Gasteiger partial charge in [-0.15, -0.1) is 10.2 Å². The first-order chi connectivity index (χ1) is 13.9. The van der Waals surface area contributed by atoms with Gasteiger partial charge in [-0.3, -0.25) is 19.0 Å². The molecule has 0 saturated carbocycles. The minimum absolute atomic E-state index is 0.205. The van der Waals surface area contributed by atoms with Crippen LogP contribution in [-0.4, -0.2) is 40.8 Å². The molecule has 0 aliphatic rings. The Morgan fingerprint density at radius 2 is 1.60 bits per heavy atom. The molecule has 0 aliphatic heterocycles. The van der Waals surface area contributed by atoms with Crippen molar-refractivity contribution in [1.29, 1.82) is 0 Å². The number of phenols is 1. The molecule has 3 rings (SSSR count). The number of phenolic OH excluding ortho intramolecular Hbond substituents is 1. The molecule has 4 N–H and O–H groups in total. The van der Waals surface area contributed by atoms with Crippen LogP contribution in [0.3, 0.4) is 0 Å². The maximum Gasteiger partial charge on any atom is 0.299 e. The smallest absolute Gasteiger partial charge is 0.299 e. The van der Waals surface area contributed by atoms with E-state index in [1.54, 1.807) is 30.3 Å². The summed E-state index contributed by atoms with van der Waals surface area (Å²) < 4.78 is 65.1. The van der Waals surface area contributed by atoms with E-state index in [1.165, 1.54) is 11.6 Å². The predicted octanol–water partition coefficient (Wildman–Crippen LogP) is 2.09. The second kappa shape index (κ2) is 7.49. The normalized spacial score (nSPS) is 12.5. The molecule has 0 unspecified atom stereocenters. The molecular weight excluding hydrogens is 440 g/mol. The fourth-order valence-electron chi connectivity index (χ4n) is 2.51. The summed E-state index contributed by atoms with van der Waals surface area (Å²) in [6.45, 7) is 1.51. The lowest BCUT2D eigenvalue weighted by Gasteiger charge is -2.06. The van der Waals surface area contributed by atoms with Gasteiger partial charge >= 0.3 is 0 Å². The van der Waals surface area contributed by atoms with E-state index in [9.17, 15) is 35.8 Å². The van der Waals surface area contributed by atoms with Gasteiger partial charge in [0.05, 0.1) is 16.3 Å². The molecular formula is C16H14N4O8S2. The number of nitrogens with zero attached hydrogens (tertiary/aromatic N) is 3. The molecule has 1 heterocycles. The van der Waals surface area contributed by atoms with Crippen molar-refractivity contribution >= 4 is 31.6 Å². The molecule has 0 amide bonds. The van der Waals surface area contributed by atoms with Gasteiger partial charge in [-0.25, -0.2) is 4.68 Å². The van der Waals surface area contributed by atoms with Gasteiger partial charge in [0.2, 0.25) is 0 Å². The maximum atomic E-state index is 12.6. The highest BCUT2D eigenvalue weighted by molar-refractivity contribution is 7.86. The lowest BCUT2D eigenvalue weighted by atomic mass is 10.3. The molecule has 14 heteroatoms. The molecule has 0 aliphatic carbocycles. The average molecular weight is 454 g/mol. The highest BCUT2D eigenvalue weighted by Crippen LogP contribution is 2.37. The van der Waals surface area contributed by atoms with Gasteiger partial charge in [-0.1, -0.05) is 18.2 Å². The molecule has 1 aromatic heterocycles. The number of hydrogen-bond donors (Lipinski definition) is 4. The molecule has 0 spiro atoms. The number of nitrogens with one attached hydrogen (secondary N) is 1. The maximum absolute atomic E-state index is 12.6. The number of aromatic nitrogens is 2. The van der Waals surface area contributed by atoms with Crippen molar-refractivity contribution in [1.82, 2.24) is 9.78 Å². The molecule has 0 radical (unpaired) electrons. The first-order valence-electron chi connectivity index (χ1n) is 8.00. The van der Waals surface area contributed by atoms with E-state index in [2.05, 4.69) is 15.3 Å². The third kappa shape index (κ3) is 4.16. The number of aromatic amines is 1. The molecule has 158 valence electrons. The van der Waals surface area contributed by atoms with Crippen molar-refractivity contribution in [2.24, 2.45) is 10.2 Å². The van der Waals surface area contributed by atoms with Crippen LogP contribution in [0.1, 0.15) is 5.69 Å². The van der Waals surface area contributed by atoms with Gasteiger partial charge in [0.1, 0.15) is 10.6 Å². The van der Waals surface area contributed by atoms with E-state index in [0.717, 1.165) is 0 Å². The lowest BCUT2D eigenvalue weighted by molar-refractivity contribution is 0.442. The summed E-state index contributed by atoms with van der Waals surface area (Å²) in [5, 5.41) is 20.0. The Kier molecular flexibility index (Phi) is 5.34. The van der Waals surface area contributed by atoms with E-state index in [1.807, 2.05) is 0 Å². The zero-order valence-electron chi connectivity index (χ0n) is 15.1. The molecule has 12 nitrogen and oxygen atoms in total. The Hall–Kier alpha value is -3.33. The van der Waals surface area contributed by atoms with Gasteiger partial charge in [-0.2, -0.15) is 16.8 Å². The molecule has 0 bridgehead atoms. The number of H-pyrrole nitrogens is 1. The Balaban J connectivity index is 2.16.